The van der Waals surface area contributed by atoms with Crippen molar-refractivity contribution in [2.24, 2.45) is 0 Å². The average Bonchev–Trinajstić information content (AvgIpc) is 3.04. The highest BCUT2D eigenvalue weighted by Crippen LogP contribution is 2.18. The van der Waals surface area contributed by atoms with Crippen molar-refractivity contribution in [2.45, 2.75) is 0 Å². The van der Waals surface area contributed by atoms with Crippen LogP contribution in [0.2, 0.25) is 0 Å². The van der Waals surface area contributed by atoms with Crippen LogP contribution in [-0.2, 0) is 14.3 Å². The molecule has 0 radical (unpaired) electrons. The van der Waals surface area contributed by atoms with E-state index in [2.05, 4.69) is 15.3 Å². The molecular formula is C19H17N3O5. The number of hydrogen-bond acceptors (Lipinski definition) is 5. The van der Waals surface area contributed by atoms with Crippen LogP contribution in [0.15, 0.2) is 53.3 Å². The number of imidazole rings is 1. The molecule has 3 aromatic rings. The first-order chi connectivity index (χ1) is 13.0. The summed E-state index contributed by atoms with van der Waals surface area (Å²) in [7, 11) is 1.54. The SMILES string of the molecule is COc1ccccc1/C=C/C(=O)OCC(=O)Nc1ccc2[nH]c(=O)[nH]c2c1. The number of carbonyl (C=O) groups is 2. The molecule has 0 fully saturated rings. The first-order valence-corrected chi connectivity index (χ1v) is 8.05. The number of esters is 1. The second-order valence-corrected chi connectivity index (χ2v) is 5.57. The zero-order valence-electron chi connectivity index (χ0n) is 14.4. The maximum Gasteiger partial charge on any atom is 0.331 e. The zero-order chi connectivity index (χ0) is 19.2. The Bertz CT molecular complexity index is 1060. The lowest BCUT2D eigenvalue weighted by atomic mass is 10.2. The van der Waals surface area contributed by atoms with Crippen molar-refractivity contribution in [1.82, 2.24) is 9.97 Å². The first-order valence-electron chi connectivity index (χ1n) is 8.05. The molecule has 0 aliphatic rings. The van der Waals surface area contributed by atoms with Gasteiger partial charge >= 0.3 is 11.7 Å². The summed E-state index contributed by atoms with van der Waals surface area (Å²) in [5, 5.41) is 2.59. The number of nitrogens with one attached hydrogen (secondary N) is 3. The molecule has 27 heavy (non-hydrogen) atoms. The van der Waals surface area contributed by atoms with Crippen LogP contribution in [0.3, 0.4) is 0 Å². The van der Waals surface area contributed by atoms with Crippen LogP contribution >= 0.6 is 0 Å². The molecule has 0 aliphatic carbocycles. The number of ether oxygens (including phenoxy) is 2. The van der Waals surface area contributed by atoms with Gasteiger partial charge in [-0.05, 0) is 30.3 Å². The third kappa shape index (κ3) is 4.63. The van der Waals surface area contributed by atoms with Crippen LogP contribution in [0.5, 0.6) is 5.75 Å². The van der Waals surface area contributed by atoms with E-state index in [-0.39, 0.29) is 5.69 Å². The number of methoxy groups -OCH3 is 1. The lowest BCUT2D eigenvalue weighted by molar-refractivity contribution is -0.142. The van der Waals surface area contributed by atoms with E-state index in [4.69, 9.17) is 9.47 Å². The number of anilines is 1. The van der Waals surface area contributed by atoms with Crippen molar-refractivity contribution < 1.29 is 19.1 Å². The van der Waals surface area contributed by atoms with Gasteiger partial charge in [-0.15, -0.1) is 0 Å². The van der Waals surface area contributed by atoms with Crippen molar-refractivity contribution in [3.05, 3.63) is 64.6 Å². The molecule has 0 unspecified atom stereocenters. The van der Waals surface area contributed by atoms with Gasteiger partial charge in [0.05, 0.1) is 18.1 Å². The number of amides is 1. The summed E-state index contributed by atoms with van der Waals surface area (Å²) in [6.45, 7) is -0.434. The van der Waals surface area contributed by atoms with Crippen LogP contribution < -0.4 is 15.7 Å². The van der Waals surface area contributed by atoms with Gasteiger partial charge in [-0.2, -0.15) is 0 Å². The quantitative estimate of drug-likeness (QED) is 0.456. The van der Waals surface area contributed by atoms with Crippen LogP contribution in [0.1, 0.15) is 5.56 Å². The molecule has 1 aromatic heterocycles. The summed E-state index contributed by atoms with van der Waals surface area (Å²) in [6, 6.07) is 12.1. The van der Waals surface area contributed by atoms with Crippen LogP contribution in [-0.4, -0.2) is 35.6 Å². The van der Waals surface area contributed by atoms with Gasteiger partial charge in [-0.3, -0.25) is 4.79 Å². The normalized spacial score (nSPS) is 10.9. The van der Waals surface area contributed by atoms with Crippen LogP contribution in [0.25, 0.3) is 17.1 Å². The maximum absolute atomic E-state index is 11.9. The maximum atomic E-state index is 11.9. The molecule has 1 amide bonds. The largest absolute Gasteiger partial charge is 0.496 e. The van der Waals surface area contributed by atoms with E-state index in [1.165, 1.54) is 13.2 Å². The summed E-state index contributed by atoms with van der Waals surface area (Å²) < 4.78 is 10.1. The first kappa shape index (κ1) is 18.0. The van der Waals surface area contributed by atoms with E-state index in [1.54, 1.807) is 36.4 Å². The third-order valence-corrected chi connectivity index (χ3v) is 3.68. The van der Waals surface area contributed by atoms with Gasteiger partial charge in [-0.25, -0.2) is 9.59 Å². The fourth-order valence-electron chi connectivity index (χ4n) is 2.45. The van der Waals surface area contributed by atoms with E-state index in [0.29, 0.717) is 22.5 Å². The highest BCUT2D eigenvalue weighted by Gasteiger charge is 2.07. The molecule has 3 N–H and O–H groups in total. The molecule has 2 aromatic carbocycles. The number of rotatable bonds is 6. The van der Waals surface area contributed by atoms with Gasteiger partial charge in [0.1, 0.15) is 5.75 Å². The Morgan fingerprint density at radius 3 is 2.70 bits per heavy atom. The molecule has 3 rings (SSSR count). The number of aromatic amines is 2. The molecule has 0 aliphatic heterocycles. The van der Waals surface area contributed by atoms with E-state index in [9.17, 15) is 14.4 Å². The Balaban J connectivity index is 1.54. The number of carbonyl (C=O) groups excluding carboxylic acids is 2. The Morgan fingerprint density at radius 2 is 1.89 bits per heavy atom. The molecule has 0 spiro atoms. The molecule has 0 atom stereocenters. The average molecular weight is 367 g/mol. The summed E-state index contributed by atoms with van der Waals surface area (Å²) >= 11 is 0. The summed E-state index contributed by atoms with van der Waals surface area (Å²) in [5.41, 5.74) is 2.06. The van der Waals surface area contributed by atoms with Gasteiger partial charge in [0.25, 0.3) is 5.91 Å². The zero-order valence-corrected chi connectivity index (χ0v) is 14.4. The van der Waals surface area contributed by atoms with Crippen LogP contribution in [0.4, 0.5) is 5.69 Å². The number of para-hydroxylation sites is 1. The summed E-state index contributed by atoms with van der Waals surface area (Å²) in [5.74, 6) is -0.523. The highest BCUT2D eigenvalue weighted by molar-refractivity contribution is 5.96. The molecule has 138 valence electrons. The van der Waals surface area contributed by atoms with E-state index < -0.39 is 18.5 Å². The van der Waals surface area contributed by atoms with Gasteiger partial charge in [-0.1, -0.05) is 18.2 Å². The molecule has 0 saturated carbocycles. The van der Waals surface area contributed by atoms with Crippen LogP contribution in [0, 0.1) is 0 Å². The number of aromatic nitrogens is 2. The second-order valence-electron chi connectivity index (χ2n) is 5.57. The predicted molar refractivity (Wildman–Crippen MR) is 101 cm³/mol. The lowest BCUT2D eigenvalue weighted by Gasteiger charge is -2.06. The van der Waals surface area contributed by atoms with E-state index >= 15 is 0 Å². The Labute approximate surface area is 153 Å². The fraction of sp³-hybridized carbons (Fsp3) is 0.105. The lowest BCUT2D eigenvalue weighted by Crippen LogP contribution is -2.20. The molecule has 8 heteroatoms. The standard InChI is InChI=1S/C19H17N3O5/c1-26-16-5-3-2-4-12(16)6-9-18(24)27-11-17(23)20-13-7-8-14-15(10-13)22-19(25)21-14/h2-10H,11H2,1H3,(H,20,23)(H2,21,22,25)/b9-6+. The molecule has 1 heterocycles. The van der Waals surface area contributed by atoms with Crippen molar-refractivity contribution in [1.29, 1.82) is 0 Å². The molecular weight excluding hydrogens is 350 g/mol. The minimum Gasteiger partial charge on any atom is -0.496 e. The minimum absolute atomic E-state index is 0.329. The molecule has 8 nitrogen and oxygen atoms in total. The number of H-pyrrole nitrogens is 2. The highest BCUT2D eigenvalue weighted by atomic mass is 16.5. The van der Waals surface area contributed by atoms with E-state index in [1.807, 2.05) is 12.1 Å². The smallest absolute Gasteiger partial charge is 0.331 e. The second kappa shape index (κ2) is 8.05. The van der Waals surface area contributed by atoms with E-state index in [0.717, 1.165) is 5.56 Å². The number of hydrogen-bond donors (Lipinski definition) is 3. The molecule has 0 saturated heterocycles. The summed E-state index contributed by atoms with van der Waals surface area (Å²) in [4.78, 5) is 40.1. The molecule has 0 bridgehead atoms. The fourth-order valence-corrected chi connectivity index (χ4v) is 2.45. The van der Waals surface area contributed by atoms with Gasteiger partial charge in [0, 0.05) is 17.3 Å². The Kier molecular flexibility index (Phi) is 5.36. The predicted octanol–water partition coefficient (Wildman–Crippen LogP) is 2.06. The minimum atomic E-state index is -0.651. The van der Waals surface area contributed by atoms with Crippen molar-refractivity contribution in [3.63, 3.8) is 0 Å². The topological polar surface area (TPSA) is 113 Å². The number of fused-ring (bicyclic) bond motifs is 1. The summed E-state index contributed by atoms with van der Waals surface area (Å²) in [6.07, 6.45) is 2.77. The van der Waals surface area contributed by atoms with Crippen molar-refractivity contribution >= 4 is 34.7 Å². The van der Waals surface area contributed by atoms with Crippen molar-refractivity contribution in [3.8, 4) is 5.75 Å². The van der Waals surface area contributed by atoms with Gasteiger partial charge < -0.3 is 24.8 Å². The Morgan fingerprint density at radius 1 is 1.11 bits per heavy atom. The van der Waals surface area contributed by atoms with Gasteiger partial charge in [0.2, 0.25) is 0 Å². The van der Waals surface area contributed by atoms with Crippen molar-refractivity contribution in [2.75, 3.05) is 19.0 Å². The Hall–Kier alpha value is -3.81. The van der Waals surface area contributed by atoms with Gasteiger partial charge in [0.15, 0.2) is 6.61 Å². The third-order valence-electron chi connectivity index (χ3n) is 3.68. The number of benzene rings is 2. The monoisotopic (exact) mass is 367 g/mol.